The van der Waals surface area contributed by atoms with E-state index in [1.807, 2.05) is 37.3 Å². The zero-order valence-corrected chi connectivity index (χ0v) is 13.5. The average Bonchev–Trinajstić information content (AvgIpc) is 2.57. The molecule has 0 unspecified atom stereocenters. The van der Waals surface area contributed by atoms with Crippen molar-refractivity contribution in [1.82, 2.24) is 10.6 Å². The van der Waals surface area contributed by atoms with Crippen LogP contribution in [0.3, 0.4) is 0 Å². The van der Waals surface area contributed by atoms with Crippen LogP contribution >= 0.6 is 0 Å². The molecule has 1 saturated carbocycles. The van der Waals surface area contributed by atoms with E-state index < -0.39 is 0 Å². The summed E-state index contributed by atoms with van der Waals surface area (Å²) in [6.45, 7) is 1.90. The summed E-state index contributed by atoms with van der Waals surface area (Å²) in [7, 11) is 0. The van der Waals surface area contributed by atoms with Crippen molar-refractivity contribution in [1.29, 1.82) is 0 Å². The highest BCUT2D eigenvalue weighted by Gasteiger charge is 2.27. The molecule has 2 rings (SSSR count). The maximum atomic E-state index is 12.3. The molecular formula is C19H24N2O2. The Morgan fingerprint density at radius 1 is 1.00 bits per heavy atom. The van der Waals surface area contributed by atoms with Crippen LogP contribution in [-0.4, -0.2) is 23.9 Å². The SMILES string of the molecule is C/C=C\C=C\C(=O)N[C@@H]1CCCC[C@@H]1NC(=O)c1ccccc1. The predicted molar refractivity (Wildman–Crippen MR) is 92.0 cm³/mol. The first-order valence-electron chi connectivity index (χ1n) is 8.16. The number of carbonyl (C=O) groups is 2. The van der Waals surface area contributed by atoms with Gasteiger partial charge in [0.05, 0.1) is 0 Å². The fourth-order valence-corrected chi connectivity index (χ4v) is 2.80. The number of nitrogens with one attached hydrogen (secondary N) is 2. The molecule has 0 aliphatic heterocycles. The van der Waals surface area contributed by atoms with Gasteiger partial charge in [0.15, 0.2) is 0 Å². The standard InChI is InChI=1S/C19H24N2O2/c1-2-3-5-14-18(22)20-16-12-8-9-13-17(16)21-19(23)15-10-6-4-7-11-15/h2-7,10-11,14,16-17H,8-9,12-13H2,1H3,(H,20,22)(H,21,23)/b3-2-,14-5+/t16-,17+/m1/s1. The molecule has 122 valence electrons. The first kappa shape index (κ1) is 17.0. The lowest BCUT2D eigenvalue weighted by molar-refractivity contribution is -0.117. The van der Waals surface area contributed by atoms with E-state index in [1.54, 1.807) is 18.2 Å². The van der Waals surface area contributed by atoms with E-state index in [0.29, 0.717) is 5.56 Å². The van der Waals surface area contributed by atoms with Crippen LogP contribution in [0.4, 0.5) is 0 Å². The van der Waals surface area contributed by atoms with Crippen molar-refractivity contribution in [3.63, 3.8) is 0 Å². The molecule has 1 aliphatic rings. The van der Waals surface area contributed by atoms with Gasteiger partial charge in [0, 0.05) is 23.7 Å². The van der Waals surface area contributed by atoms with Crippen molar-refractivity contribution in [2.45, 2.75) is 44.7 Å². The third kappa shape index (κ3) is 5.40. The summed E-state index contributed by atoms with van der Waals surface area (Å²) in [6.07, 6.45) is 10.8. The van der Waals surface area contributed by atoms with E-state index >= 15 is 0 Å². The van der Waals surface area contributed by atoms with E-state index in [9.17, 15) is 9.59 Å². The third-order valence-corrected chi connectivity index (χ3v) is 4.00. The maximum absolute atomic E-state index is 12.3. The molecule has 4 nitrogen and oxygen atoms in total. The molecule has 0 radical (unpaired) electrons. The third-order valence-electron chi connectivity index (χ3n) is 4.00. The lowest BCUT2D eigenvalue weighted by Gasteiger charge is -2.32. The molecule has 2 amide bonds. The first-order valence-corrected chi connectivity index (χ1v) is 8.16. The topological polar surface area (TPSA) is 58.2 Å². The van der Waals surface area contributed by atoms with Crippen molar-refractivity contribution in [2.24, 2.45) is 0 Å². The largest absolute Gasteiger partial charge is 0.348 e. The summed E-state index contributed by atoms with van der Waals surface area (Å²) in [4.78, 5) is 24.3. The minimum Gasteiger partial charge on any atom is -0.348 e. The number of hydrogen-bond acceptors (Lipinski definition) is 2. The second-order valence-corrected chi connectivity index (χ2v) is 5.73. The zero-order chi connectivity index (χ0) is 16.5. The Morgan fingerprint density at radius 2 is 1.65 bits per heavy atom. The summed E-state index contributed by atoms with van der Waals surface area (Å²) in [5.41, 5.74) is 0.649. The van der Waals surface area contributed by atoms with Gasteiger partial charge >= 0.3 is 0 Å². The molecule has 1 aliphatic carbocycles. The lowest BCUT2D eigenvalue weighted by atomic mass is 9.90. The Kier molecular flexibility index (Phi) is 6.60. The molecule has 0 bridgehead atoms. The van der Waals surface area contributed by atoms with Crippen LogP contribution < -0.4 is 10.6 Å². The van der Waals surface area contributed by atoms with Crippen LogP contribution in [0.2, 0.25) is 0 Å². The number of allylic oxidation sites excluding steroid dienone is 3. The van der Waals surface area contributed by atoms with Gasteiger partial charge in [-0.2, -0.15) is 0 Å². The molecular weight excluding hydrogens is 288 g/mol. The van der Waals surface area contributed by atoms with Gasteiger partial charge in [-0.3, -0.25) is 9.59 Å². The number of carbonyl (C=O) groups excluding carboxylic acids is 2. The molecule has 1 aromatic carbocycles. The van der Waals surface area contributed by atoms with Crippen LogP contribution in [0.15, 0.2) is 54.6 Å². The Labute approximate surface area is 137 Å². The fourth-order valence-electron chi connectivity index (χ4n) is 2.80. The van der Waals surface area contributed by atoms with Gasteiger partial charge in [-0.15, -0.1) is 0 Å². The van der Waals surface area contributed by atoms with Crippen molar-refractivity contribution in [2.75, 3.05) is 0 Å². The molecule has 4 heteroatoms. The second-order valence-electron chi connectivity index (χ2n) is 5.73. The first-order chi connectivity index (χ1) is 11.2. The van der Waals surface area contributed by atoms with Crippen molar-refractivity contribution in [3.8, 4) is 0 Å². The minimum atomic E-state index is -0.117. The number of rotatable bonds is 5. The molecule has 0 saturated heterocycles. The van der Waals surface area contributed by atoms with Crippen molar-refractivity contribution >= 4 is 11.8 Å². The minimum absolute atomic E-state index is 0.0147. The van der Waals surface area contributed by atoms with Crippen LogP contribution in [0.1, 0.15) is 43.0 Å². The van der Waals surface area contributed by atoms with Crippen LogP contribution in [-0.2, 0) is 4.79 Å². The molecule has 2 N–H and O–H groups in total. The highest BCUT2D eigenvalue weighted by atomic mass is 16.2. The van der Waals surface area contributed by atoms with Crippen molar-refractivity contribution in [3.05, 3.63) is 60.2 Å². The smallest absolute Gasteiger partial charge is 0.251 e. The van der Waals surface area contributed by atoms with Gasteiger partial charge in [-0.25, -0.2) is 0 Å². The van der Waals surface area contributed by atoms with E-state index in [2.05, 4.69) is 10.6 Å². The van der Waals surface area contributed by atoms with Crippen LogP contribution in [0.25, 0.3) is 0 Å². The van der Waals surface area contributed by atoms with E-state index in [0.717, 1.165) is 25.7 Å². The normalized spacial score (nSPS) is 21.4. The van der Waals surface area contributed by atoms with Gasteiger partial charge in [-0.05, 0) is 31.9 Å². The van der Waals surface area contributed by atoms with E-state index in [4.69, 9.17) is 0 Å². The van der Waals surface area contributed by atoms with Crippen molar-refractivity contribution < 1.29 is 9.59 Å². The van der Waals surface area contributed by atoms with Crippen LogP contribution in [0, 0.1) is 0 Å². The molecule has 0 heterocycles. The molecule has 1 fully saturated rings. The molecule has 0 spiro atoms. The second kappa shape index (κ2) is 8.93. The van der Waals surface area contributed by atoms with Gasteiger partial charge in [0.2, 0.25) is 5.91 Å². The highest BCUT2D eigenvalue weighted by molar-refractivity contribution is 5.94. The average molecular weight is 312 g/mol. The Bertz CT molecular complexity index is 578. The Morgan fingerprint density at radius 3 is 2.30 bits per heavy atom. The fraction of sp³-hybridized carbons (Fsp3) is 0.368. The molecule has 2 atom stereocenters. The highest BCUT2D eigenvalue weighted by Crippen LogP contribution is 2.19. The lowest BCUT2D eigenvalue weighted by Crippen LogP contribution is -2.52. The predicted octanol–water partition coefficient (Wildman–Crippen LogP) is 2.98. The molecule has 23 heavy (non-hydrogen) atoms. The zero-order valence-electron chi connectivity index (χ0n) is 13.5. The van der Waals surface area contributed by atoms with Gasteiger partial charge < -0.3 is 10.6 Å². The summed E-state index contributed by atoms with van der Waals surface area (Å²) in [5, 5.41) is 6.08. The molecule has 1 aromatic rings. The Balaban J connectivity index is 1.95. The maximum Gasteiger partial charge on any atom is 0.251 e. The van der Waals surface area contributed by atoms with E-state index in [1.165, 1.54) is 6.08 Å². The summed E-state index contributed by atoms with van der Waals surface area (Å²) in [5.74, 6) is -0.199. The van der Waals surface area contributed by atoms with Crippen LogP contribution in [0.5, 0.6) is 0 Å². The summed E-state index contributed by atoms with van der Waals surface area (Å²) >= 11 is 0. The number of hydrogen-bond donors (Lipinski definition) is 2. The number of benzene rings is 1. The van der Waals surface area contributed by atoms with Gasteiger partial charge in [0.1, 0.15) is 0 Å². The number of amides is 2. The Hall–Kier alpha value is -2.36. The molecule has 0 aromatic heterocycles. The summed E-state index contributed by atoms with van der Waals surface area (Å²) in [6, 6.07) is 9.14. The van der Waals surface area contributed by atoms with E-state index in [-0.39, 0.29) is 23.9 Å². The van der Waals surface area contributed by atoms with Gasteiger partial charge in [0.25, 0.3) is 5.91 Å². The summed E-state index contributed by atoms with van der Waals surface area (Å²) < 4.78 is 0. The monoisotopic (exact) mass is 312 g/mol. The quantitative estimate of drug-likeness (QED) is 0.649. The van der Waals surface area contributed by atoms with Gasteiger partial charge in [-0.1, -0.05) is 49.3 Å².